The van der Waals surface area contributed by atoms with Gasteiger partial charge in [-0.25, -0.2) is 0 Å². The van der Waals surface area contributed by atoms with Crippen molar-refractivity contribution in [2.24, 2.45) is 0 Å². The van der Waals surface area contributed by atoms with Gasteiger partial charge < -0.3 is 4.74 Å². The highest BCUT2D eigenvalue weighted by molar-refractivity contribution is 5.69. The zero-order valence-electron chi connectivity index (χ0n) is 21.8. The second-order valence-corrected chi connectivity index (χ2v) is 9.72. The molecule has 189 valence electrons. The normalized spacial score (nSPS) is 12.1. The molecule has 0 rings (SSSR count). The number of carbonyl (C=O) groups is 1. The zero-order valence-corrected chi connectivity index (χ0v) is 21.8. The van der Waals surface area contributed by atoms with Crippen molar-refractivity contribution in [3.8, 4) is 0 Å². The van der Waals surface area contributed by atoms with Gasteiger partial charge in [-0.05, 0) is 19.3 Å². The maximum Gasteiger partial charge on any atom is 0.306 e. The molecule has 32 heavy (non-hydrogen) atoms. The minimum Gasteiger partial charge on any atom is -0.462 e. The second-order valence-electron chi connectivity index (χ2n) is 9.72. The molecule has 0 fully saturated rings. The van der Waals surface area contributed by atoms with Crippen LogP contribution in [0.2, 0.25) is 0 Å². The first-order valence-corrected chi connectivity index (χ1v) is 14.3. The van der Waals surface area contributed by atoms with Gasteiger partial charge in [0.05, 0.1) is 6.42 Å². The first kappa shape index (κ1) is 31.1. The molecule has 0 saturated heterocycles. The van der Waals surface area contributed by atoms with Gasteiger partial charge in [0.15, 0.2) is 0 Å². The molecule has 0 amide bonds. The van der Waals surface area contributed by atoms with Crippen molar-refractivity contribution >= 4 is 12.3 Å². The van der Waals surface area contributed by atoms with E-state index in [4.69, 9.17) is 4.74 Å². The molecular weight excluding hydrogens is 396 g/mol. The van der Waals surface area contributed by atoms with E-state index in [1.807, 2.05) is 6.29 Å². The molecule has 0 bridgehead atoms. The van der Waals surface area contributed by atoms with Gasteiger partial charge in [-0.2, -0.15) is 0 Å². The van der Waals surface area contributed by atoms with Crippen LogP contribution in [0.5, 0.6) is 0 Å². The Kier molecular flexibility index (Phi) is 25.7. The van der Waals surface area contributed by atoms with Crippen molar-refractivity contribution in [2.45, 2.75) is 174 Å². The van der Waals surface area contributed by atoms with Crippen molar-refractivity contribution in [1.29, 1.82) is 0 Å². The molecule has 0 aromatic heterocycles. The van der Waals surface area contributed by atoms with Crippen molar-refractivity contribution in [3.05, 3.63) is 0 Å². The Morgan fingerprint density at radius 3 is 1.38 bits per heavy atom. The lowest BCUT2D eigenvalue weighted by atomic mass is 10.0. The first-order chi connectivity index (χ1) is 15.7. The average Bonchev–Trinajstić information content (AvgIpc) is 2.78. The lowest BCUT2D eigenvalue weighted by molar-refractivity contribution is -0.149. The summed E-state index contributed by atoms with van der Waals surface area (Å²) in [6.45, 7) is 4.51. The Labute approximate surface area is 200 Å². The molecule has 0 aromatic carbocycles. The quantitative estimate of drug-likeness (QED) is 0.0971. The Bertz CT molecular complexity index is 394. The van der Waals surface area contributed by atoms with Crippen LogP contribution in [-0.2, 0) is 14.3 Å². The smallest absolute Gasteiger partial charge is 0.306 e. The molecule has 1 radical (unpaired) electrons. The van der Waals surface area contributed by atoms with Crippen LogP contribution in [0.3, 0.4) is 0 Å². The van der Waals surface area contributed by atoms with E-state index >= 15 is 0 Å². The fraction of sp³-hybridized carbons (Fsp3) is 0.931. The summed E-state index contributed by atoms with van der Waals surface area (Å²) < 4.78 is 5.56. The Morgan fingerprint density at radius 2 is 0.969 bits per heavy atom. The summed E-state index contributed by atoms with van der Waals surface area (Å²) in [5, 5.41) is 0. The predicted octanol–water partition coefficient (Wildman–Crippen LogP) is 9.41. The van der Waals surface area contributed by atoms with Gasteiger partial charge >= 0.3 is 5.97 Å². The third-order valence-electron chi connectivity index (χ3n) is 6.47. The summed E-state index contributed by atoms with van der Waals surface area (Å²) in [5.74, 6) is -0.131. The molecule has 3 nitrogen and oxygen atoms in total. The van der Waals surface area contributed by atoms with Gasteiger partial charge in [-0.3, -0.25) is 9.59 Å². The molecule has 0 spiro atoms. The van der Waals surface area contributed by atoms with E-state index in [1.54, 1.807) is 0 Å². The van der Waals surface area contributed by atoms with E-state index < -0.39 is 0 Å². The number of hydrogen-bond acceptors (Lipinski definition) is 3. The van der Waals surface area contributed by atoms with Gasteiger partial charge in [-0.15, -0.1) is 0 Å². The summed E-state index contributed by atoms with van der Waals surface area (Å²) >= 11 is 0. The minimum absolute atomic E-state index is 0.131. The van der Waals surface area contributed by atoms with Crippen LogP contribution in [0.1, 0.15) is 168 Å². The van der Waals surface area contributed by atoms with Crippen LogP contribution in [-0.4, -0.2) is 18.4 Å². The van der Waals surface area contributed by atoms with Gasteiger partial charge in [0.1, 0.15) is 6.10 Å². The predicted molar refractivity (Wildman–Crippen MR) is 138 cm³/mol. The van der Waals surface area contributed by atoms with Crippen molar-refractivity contribution in [1.82, 2.24) is 0 Å². The number of carbonyl (C=O) groups excluding carboxylic acids is 2. The third-order valence-corrected chi connectivity index (χ3v) is 6.47. The molecule has 1 atom stereocenters. The molecule has 0 aliphatic heterocycles. The summed E-state index contributed by atoms with van der Waals surface area (Å²) in [6.07, 6.45) is 30.1. The number of rotatable bonds is 26. The summed E-state index contributed by atoms with van der Waals surface area (Å²) in [4.78, 5) is 22.9. The molecule has 1 unspecified atom stereocenters. The lowest BCUT2D eigenvalue weighted by Crippen LogP contribution is -2.18. The monoisotopic (exact) mass is 451 g/mol. The largest absolute Gasteiger partial charge is 0.462 e. The zero-order chi connectivity index (χ0) is 23.5. The van der Waals surface area contributed by atoms with Crippen molar-refractivity contribution in [3.63, 3.8) is 0 Å². The molecule has 0 aromatic rings. The van der Waals surface area contributed by atoms with Crippen LogP contribution >= 0.6 is 0 Å². The molecule has 0 heterocycles. The number of unbranched alkanes of at least 4 members (excludes halogenated alkanes) is 19. The van der Waals surface area contributed by atoms with Gasteiger partial charge in [0.25, 0.3) is 0 Å². The van der Waals surface area contributed by atoms with Crippen LogP contribution < -0.4 is 0 Å². The van der Waals surface area contributed by atoms with Gasteiger partial charge in [-0.1, -0.05) is 136 Å². The standard InChI is InChI=1S/C29H55O3/c1-3-5-7-9-11-13-14-15-17-19-21-23-25-29(31)32-28(26-27-30)24-22-20-18-16-12-10-8-6-4-2/h28H,3-26H2,1-2H3. The lowest BCUT2D eigenvalue weighted by Gasteiger charge is -2.15. The first-order valence-electron chi connectivity index (χ1n) is 14.3. The topological polar surface area (TPSA) is 43.4 Å². The fourth-order valence-electron chi connectivity index (χ4n) is 4.33. The molecule has 0 saturated carbocycles. The number of esters is 1. The molecular formula is C29H55O3. The van der Waals surface area contributed by atoms with E-state index in [9.17, 15) is 9.59 Å². The maximum atomic E-state index is 12.1. The maximum absolute atomic E-state index is 12.1. The highest BCUT2D eigenvalue weighted by Crippen LogP contribution is 2.16. The number of ether oxygens (including phenoxy) is 1. The highest BCUT2D eigenvalue weighted by Gasteiger charge is 2.14. The van der Waals surface area contributed by atoms with Gasteiger partial charge in [0, 0.05) is 6.42 Å². The Morgan fingerprint density at radius 1 is 0.594 bits per heavy atom. The van der Waals surface area contributed by atoms with E-state index in [-0.39, 0.29) is 18.5 Å². The van der Waals surface area contributed by atoms with Gasteiger partial charge in [0.2, 0.25) is 6.29 Å². The molecule has 0 N–H and O–H groups in total. The van der Waals surface area contributed by atoms with E-state index in [1.165, 1.54) is 116 Å². The summed E-state index contributed by atoms with van der Waals surface area (Å²) in [5.41, 5.74) is 0. The summed E-state index contributed by atoms with van der Waals surface area (Å²) in [7, 11) is 0. The fourth-order valence-corrected chi connectivity index (χ4v) is 4.33. The third kappa shape index (κ3) is 23.8. The second kappa shape index (κ2) is 26.4. The number of hydrogen-bond donors (Lipinski definition) is 0. The molecule has 3 heteroatoms. The summed E-state index contributed by atoms with van der Waals surface area (Å²) in [6, 6.07) is 0. The molecule has 0 aliphatic rings. The average molecular weight is 452 g/mol. The van der Waals surface area contributed by atoms with E-state index in [0.29, 0.717) is 6.42 Å². The van der Waals surface area contributed by atoms with Crippen LogP contribution in [0, 0.1) is 0 Å². The Balaban J connectivity index is 3.56. The Hall–Kier alpha value is -0.860. The van der Waals surface area contributed by atoms with Crippen LogP contribution in [0.25, 0.3) is 0 Å². The minimum atomic E-state index is -0.262. The SMILES string of the molecule is CCCCCCCCCCCCCCC(=O)OC(C[C]=O)CCCCCCCCCCC. The van der Waals surface area contributed by atoms with Crippen LogP contribution in [0.4, 0.5) is 0 Å². The van der Waals surface area contributed by atoms with Crippen molar-refractivity contribution < 1.29 is 14.3 Å². The highest BCUT2D eigenvalue weighted by atomic mass is 16.5. The molecule has 0 aliphatic carbocycles. The van der Waals surface area contributed by atoms with E-state index in [0.717, 1.165) is 25.7 Å². The van der Waals surface area contributed by atoms with Crippen molar-refractivity contribution in [2.75, 3.05) is 0 Å². The van der Waals surface area contributed by atoms with E-state index in [2.05, 4.69) is 13.8 Å². The van der Waals surface area contributed by atoms with Crippen LogP contribution in [0.15, 0.2) is 0 Å².